The summed E-state index contributed by atoms with van der Waals surface area (Å²) in [6.07, 6.45) is -2.25. The van der Waals surface area contributed by atoms with Crippen molar-refractivity contribution in [1.82, 2.24) is 5.32 Å². The van der Waals surface area contributed by atoms with E-state index in [4.69, 9.17) is 0 Å². The number of alkyl halides is 3. The van der Waals surface area contributed by atoms with E-state index in [1.54, 1.807) is 0 Å². The molecule has 2 atom stereocenters. The van der Waals surface area contributed by atoms with E-state index in [1.807, 2.05) is 6.92 Å². The Morgan fingerprint density at radius 1 is 1.33 bits per heavy atom. The second kappa shape index (κ2) is 6.03. The van der Waals surface area contributed by atoms with E-state index in [2.05, 4.69) is 25.7 Å². The van der Waals surface area contributed by atoms with Gasteiger partial charge >= 0.3 is 6.18 Å². The van der Waals surface area contributed by atoms with Crippen molar-refractivity contribution in [3.8, 4) is 0 Å². The minimum Gasteiger partial charge on any atom is -0.380 e. The summed E-state index contributed by atoms with van der Waals surface area (Å²) in [5, 5.41) is 2.33. The van der Waals surface area contributed by atoms with Gasteiger partial charge in [0.2, 0.25) is 0 Å². The first-order valence-corrected chi connectivity index (χ1v) is 5.25. The minimum atomic E-state index is -4.17. The van der Waals surface area contributed by atoms with Crippen LogP contribution < -0.4 is 5.32 Å². The van der Waals surface area contributed by atoms with Crippen LogP contribution in [-0.4, -0.2) is 12.7 Å². The average Bonchev–Trinajstić information content (AvgIpc) is 2.12. The Morgan fingerprint density at radius 2 is 1.87 bits per heavy atom. The summed E-state index contributed by atoms with van der Waals surface area (Å²) < 4.78 is 35.7. The fourth-order valence-electron chi connectivity index (χ4n) is 1.30. The fourth-order valence-corrected chi connectivity index (χ4v) is 1.30. The van der Waals surface area contributed by atoms with Gasteiger partial charge in [-0.05, 0) is 18.3 Å². The van der Waals surface area contributed by atoms with Gasteiger partial charge in [0.15, 0.2) is 0 Å². The van der Waals surface area contributed by atoms with E-state index in [0.29, 0.717) is 11.6 Å². The maximum Gasteiger partial charge on any atom is 0.405 e. The van der Waals surface area contributed by atoms with E-state index in [-0.39, 0.29) is 5.92 Å². The van der Waals surface area contributed by atoms with Crippen LogP contribution in [0.2, 0.25) is 0 Å². The number of hydrogen-bond acceptors (Lipinski definition) is 1. The third kappa shape index (κ3) is 7.28. The summed E-state index contributed by atoms with van der Waals surface area (Å²) in [7, 11) is 0. The minimum absolute atomic E-state index is 0.0855. The Hall–Kier alpha value is -0.670. The molecule has 0 aliphatic heterocycles. The Bertz CT molecular complexity index is 198. The highest BCUT2D eigenvalue weighted by molar-refractivity contribution is 4.97. The zero-order valence-corrected chi connectivity index (χ0v) is 9.62. The number of hydrogen-bond donors (Lipinski definition) is 1. The van der Waals surface area contributed by atoms with Crippen molar-refractivity contribution in [2.45, 2.75) is 39.8 Å². The van der Waals surface area contributed by atoms with Gasteiger partial charge in [-0.3, -0.25) is 0 Å². The number of halogens is 3. The average molecular weight is 223 g/mol. The van der Waals surface area contributed by atoms with Crippen molar-refractivity contribution >= 4 is 0 Å². The molecular formula is C11H20F3N. The second-order valence-electron chi connectivity index (χ2n) is 4.14. The zero-order valence-electron chi connectivity index (χ0n) is 9.62. The molecule has 0 fully saturated rings. The summed E-state index contributed by atoms with van der Waals surface area (Å²) in [6, 6.07) is 0. The normalized spacial score (nSPS) is 15.9. The second-order valence-corrected chi connectivity index (χ2v) is 4.14. The molecule has 0 heterocycles. The topological polar surface area (TPSA) is 12.0 Å². The third-order valence-electron chi connectivity index (χ3n) is 2.56. The molecule has 0 rings (SSSR count). The van der Waals surface area contributed by atoms with Gasteiger partial charge in [-0.15, -0.1) is 0 Å². The maximum atomic E-state index is 11.9. The summed E-state index contributed by atoms with van der Waals surface area (Å²) in [6.45, 7) is 8.71. The summed E-state index contributed by atoms with van der Waals surface area (Å²) >= 11 is 0. The van der Waals surface area contributed by atoms with Crippen LogP contribution in [0, 0.1) is 11.8 Å². The van der Waals surface area contributed by atoms with Crippen LogP contribution in [0.5, 0.6) is 0 Å². The summed E-state index contributed by atoms with van der Waals surface area (Å²) in [5.41, 5.74) is 0.479. The largest absolute Gasteiger partial charge is 0.405 e. The van der Waals surface area contributed by atoms with Gasteiger partial charge in [-0.25, -0.2) is 0 Å². The number of nitrogens with one attached hydrogen (secondary N) is 1. The first kappa shape index (κ1) is 14.3. The Kier molecular flexibility index (Phi) is 5.76. The highest BCUT2D eigenvalue weighted by Gasteiger charge is 2.27. The molecule has 0 bridgehead atoms. The molecule has 0 saturated heterocycles. The van der Waals surface area contributed by atoms with Crippen LogP contribution in [0.15, 0.2) is 12.3 Å². The monoisotopic (exact) mass is 223 g/mol. The van der Waals surface area contributed by atoms with Gasteiger partial charge < -0.3 is 5.32 Å². The third-order valence-corrected chi connectivity index (χ3v) is 2.56. The van der Waals surface area contributed by atoms with Gasteiger partial charge in [-0.2, -0.15) is 13.2 Å². The molecule has 0 aromatic carbocycles. The van der Waals surface area contributed by atoms with E-state index in [0.717, 1.165) is 12.8 Å². The van der Waals surface area contributed by atoms with Crippen LogP contribution in [-0.2, 0) is 0 Å². The van der Waals surface area contributed by atoms with Crippen LogP contribution in [0.1, 0.15) is 33.6 Å². The number of allylic oxidation sites excluding steroid dienone is 1. The molecule has 0 aliphatic rings. The molecular weight excluding hydrogens is 203 g/mol. The molecule has 0 aliphatic carbocycles. The lowest BCUT2D eigenvalue weighted by Gasteiger charge is -2.20. The number of rotatable bonds is 6. The zero-order chi connectivity index (χ0) is 12.1. The van der Waals surface area contributed by atoms with Crippen molar-refractivity contribution in [1.29, 1.82) is 0 Å². The van der Waals surface area contributed by atoms with Crippen molar-refractivity contribution in [3.63, 3.8) is 0 Å². The molecule has 0 amide bonds. The lowest BCUT2D eigenvalue weighted by molar-refractivity contribution is -0.123. The SMILES string of the molecule is C=C(NCC(F)(F)F)C(C)CC(C)CC. The predicted molar refractivity (Wildman–Crippen MR) is 56.4 cm³/mol. The van der Waals surface area contributed by atoms with Crippen molar-refractivity contribution in [3.05, 3.63) is 12.3 Å². The fraction of sp³-hybridized carbons (Fsp3) is 0.818. The van der Waals surface area contributed by atoms with Crippen LogP contribution >= 0.6 is 0 Å². The predicted octanol–water partition coefficient (Wildman–Crippen LogP) is 3.72. The first-order valence-electron chi connectivity index (χ1n) is 5.25. The molecule has 0 aromatic rings. The molecule has 4 heteroatoms. The van der Waals surface area contributed by atoms with E-state index in [1.165, 1.54) is 0 Å². The van der Waals surface area contributed by atoms with Crippen LogP contribution in [0.3, 0.4) is 0 Å². The Balaban J connectivity index is 3.89. The van der Waals surface area contributed by atoms with Gasteiger partial charge in [0.1, 0.15) is 6.54 Å². The highest BCUT2D eigenvalue weighted by atomic mass is 19.4. The smallest absolute Gasteiger partial charge is 0.380 e. The molecule has 0 aromatic heterocycles. The first-order chi connectivity index (χ1) is 6.76. The van der Waals surface area contributed by atoms with Crippen molar-refractivity contribution < 1.29 is 13.2 Å². The molecule has 90 valence electrons. The van der Waals surface area contributed by atoms with Crippen LogP contribution in [0.4, 0.5) is 13.2 Å². The Morgan fingerprint density at radius 3 is 2.27 bits per heavy atom. The quantitative estimate of drug-likeness (QED) is 0.723. The lowest BCUT2D eigenvalue weighted by atomic mass is 9.93. The molecule has 0 radical (unpaired) electrons. The van der Waals surface area contributed by atoms with Gasteiger partial charge in [-0.1, -0.05) is 33.8 Å². The van der Waals surface area contributed by atoms with E-state index in [9.17, 15) is 13.2 Å². The van der Waals surface area contributed by atoms with Crippen molar-refractivity contribution in [2.75, 3.05) is 6.54 Å². The van der Waals surface area contributed by atoms with Crippen molar-refractivity contribution in [2.24, 2.45) is 11.8 Å². The van der Waals surface area contributed by atoms with Gasteiger partial charge in [0, 0.05) is 5.70 Å². The standard InChI is InChI=1S/C11H20F3N/c1-5-8(2)6-9(3)10(4)15-7-11(12,13)14/h8-9,15H,4-7H2,1-3H3. The van der Waals surface area contributed by atoms with Gasteiger partial charge in [0.25, 0.3) is 0 Å². The molecule has 15 heavy (non-hydrogen) atoms. The summed E-state index contributed by atoms with van der Waals surface area (Å²) in [4.78, 5) is 0. The van der Waals surface area contributed by atoms with Gasteiger partial charge in [0.05, 0.1) is 0 Å². The lowest BCUT2D eigenvalue weighted by Crippen LogP contribution is -2.30. The Labute approximate surface area is 89.7 Å². The van der Waals surface area contributed by atoms with Crippen LogP contribution in [0.25, 0.3) is 0 Å². The molecule has 2 unspecified atom stereocenters. The van der Waals surface area contributed by atoms with E-state index < -0.39 is 12.7 Å². The molecule has 0 spiro atoms. The molecule has 1 N–H and O–H groups in total. The summed E-state index contributed by atoms with van der Waals surface area (Å²) in [5.74, 6) is 0.603. The maximum absolute atomic E-state index is 11.9. The molecule has 0 saturated carbocycles. The van der Waals surface area contributed by atoms with E-state index >= 15 is 0 Å². The molecule has 1 nitrogen and oxygen atoms in total. The highest BCUT2D eigenvalue weighted by Crippen LogP contribution is 2.20.